The zero-order valence-electron chi connectivity index (χ0n) is 27.9. The van der Waals surface area contributed by atoms with E-state index >= 15 is 0 Å². The fourth-order valence-electron chi connectivity index (χ4n) is 5.15. The molecule has 0 aromatic heterocycles. The van der Waals surface area contributed by atoms with E-state index in [0.29, 0.717) is 15.9 Å². The van der Waals surface area contributed by atoms with Gasteiger partial charge in [0.15, 0.2) is 0 Å². The Morgan fingerprint density at radius 1 is 0.816 bits per heavy atom. The summed E-state index contributed by atoms with van der Waals surface area (Å²) in [7, 11) is -4.61. The molecule has 0 heterocycles. The molecule has 260 valence electrons. The molecule has 12 heteroatoms. The van der Waals surface area contributed by atoms with E-state index in [1.165, 1.54) is 17.0 Å². The minimum Gasteiger partial charge on any atom is -0.350 e. The summed E-state index contributed by atoms with van der Waals surface area (Å²) in [6, 6.07) is 23.6. The summed E-state index contributed by atoms with van der Waals surface area (Å²) in [5.74, 6) is -1.28. The number of carbonyl (C=O) groups is 2. The van der Waals surface area contributed by atoms with Gasteiger partial charge >= 0.3 is 6.18 Å². The Balaban J connectivity index is 1.88. The second-order valence-electron chi connectivity index (χ2n) is 12.9. The molecule has 0 saturated heterocycles. The standard InChI is InChI=1S/C37H39ClF3N3O4S/c1-25-11-15-28(16-12-25)23-43(33(35(46)42-36(3,4)5)21-27-9-7-6-8-10-27)34(45)24-44(49(47,48)30-18-13-26(2)14-19-30)29-17-20-32(38)31(22-29)37(39,40)41/h6-20,22,33H,21,23-24H2,1-5H3,(H,42,46). The molecule has 0 spiro atoms. The van der Waals surface area contributed by atoms with Gasteiger partial charge < -0.3 is 10.2 Å². The minimum absolute atomic E-state index is 0.0823. The smallest absolute Gasteiger partial charge is 0.350 e. The molecule has 0 aliphatic heterocycles. The molecule has 1 atom stereocenters. The summed E-state index contributed by atoms with van der Waals surface area (Å²) in [4.78, 5) is 29.6. The van der Waals surface area contributed by atoms with Gasteiger partial charge in [0.05, 0.1) is 21.2 Å². The summed E-state index contributed by atoms with van der Waals surface area (Å²) < 4.78 is 71.0. The first-order chi connectivity index (χ1) is 22.8. The van der Waals surface area contributed by atoms with Crippen molar-refractivity contribution < 1.29 is 31.2 Å². The van der Waals surface area contributed by atoms with E-state index in [9.17, 15) is 31.2 Å². The van der Waals surface area contributed by atoms with Crippen molar-refractivity contribution in [2.45, 2.75) is 70.2 Å². The van der Waals surface area contributed by atoms with Gasteiger partial charge in [-0.15, -0.1) is 0 Å². The molecule has 0 fully saturated rings. The highest BCUT2D eigenvalue weighted by Crippen LogP contribution is 2.38. The first kappa shape index (κ1) is 37.5. The summed E-state index contributed by atoms with van der Waals surface area (Å²) in [5, 5.41) is 2.32. The van der Waals surface area contributed by atoms with E-state index in [2.05, 4.69) is 5.32 Å². The predicted molar refractivity (Wildman–Crippen MR) is 186 cm³/mol. The van der Waals surface area contributed by atoms with Crippen LogP contribution in [-0.2, 0) is 38.8 Å². The van der Waals surface area contributed by atoms with Gasteiger partial charge in [0.1, 0.15) is 12.6 Å². The average molecular weight is 714 g/mol. The Morgan fingerprint density at radius 2 is 1.39 bits per heavy atom. The SMILES string of the molecule is Cc1ccc(CN(C(=O)CN(c2ccc(Cl)c(C(F)(F)F)c2)S(=O)(=O)c2ccc(C)cc2)C(Cc2ccccc2)C(=O)NC(C)(C)C)cc1. The van der Waals surface area contributed by atoms with E-state index in [1.54, 1.807) is 64.1 Å². The van der Waals surface area contributed by atoms with Crippen molar-refractivity contribution in [3.8, 4) is 0 Å². The van der Waals surface area contributed by atoms with Crippen LogP contribution in [0, 0.1) is 13.8 Å². The third-order valence-electron chi connectivity index (χ3n) is 7.67. The Kier molecular flexibility index (Phi) is 11.5. The number of halogens is 4. The molecule has 7 nitrogen and oxygen atoms in total. The van der Waals surface area contributed by atoms with Crippen LogP contribution < -0.4 is 9.62 Å². The van der Waals surface area contributed by atoms with Crippen LogP contribution in [0.15, 0.2) is 102 Å². The van der Waals surface area contributed by atoms with Gasteiger partial charge in [0.25, 0.3) is 10.0 Å². The summed E-state index contributed by atoms with van der Waals surface area (Å²) in [5.41, 5.74) is 0.778. The largest absolute Gasteiger partial charge is 0.417 e. The Morgan fingerprint density at radius 3 is 1.94 bits per heavy atom. The van der Waals surface area contributed by atoms with Gasteiger partial charge in [-0.2, -0.15) is 13.2 Å². The van der Waals surface area contributed by atoms with Crippen molar-refractivity contribution in [3.63, 3.8) is 0 Å². The number of amides is 2. The van der Waals surface area contributed by atoms with Gasteiger partial charge in [-0.1, -0.05) is 89.5 Å². The van der Waals surface area contributed by atoms with Gasteiger partial charge in [-0.3, -0.25) is 13.9 Å². The zero-order valence-corrected chi connectivity index (χ0v) is 29.5. The van der Waals surface area contributed by atoms with Crippen LogP contribution in [-0.4, -0.2) is 43.3 Å². The molecule has 4 aromatic carbocycles. The van der Waals surface area contributed by atoms with E-state index in [0.717, 1.165) is 28.8 Å². The number of hydrogen-bond donors (Lipinski definition) is 1. The second-order valence-corrected chi connectivity index (χ2v) is 15.2. The third kappa shape index (κ3) is 9.86. The van der Waals surface area contributed by atoms with Crippen LogP contribution in [0.4, 0.5) is 18.9 Å². The van der Waals surface area contributed by atoms with Gasteiger partial charge in [-0.05, 0) is 76.1 Å². The van der Waals surface area contributed by atoms with Crippen molar-refractivity contribution in [1.82, 2.24) is 10.2 Å². The number of benzene rings is 4. The first-order valence-electron chi connectivity index (χ1n) is 15.5. The number of aryl methyl sites for hydroxylation is 2. The summed E-state index contributed by atoms with van der Waals surface area (Å²) >= 11 is 5.89. The Labute approximate surface area is 290 Å². The molecular weight excluding hydrogens is 675 g/mol. The van der Waals surface area contributed by atoms with Crippen LogP contribution in [0.5, 0.6) is 0 Å². The zero-order chi connectivity index (χ0) is 36.1. The van der Waals surface area contributed by atoms with Gasteiger partial charge in [-0.25, -0.2) is 8.42 Å². The molecule has 0 bridgehead atoms. The number of rotatable bonds is 11. The Hall–Kier alpha value is -4.35. The third-order valence-corrected chi connectivity index (χ3v) is 9.79. The molecule has 1 N–H and O–H groups in total. The molecule has 0 radical (unpaired) electrons. The molecule has 2 amide bonds. The number of hydrogen-bond acceptors (Lipinski definition) is 4. The fraction of sp³-hybridized carbons (Fsp3) is 0.297. The number of nitrogens with zero attached hydrogens (tertiary/aromatic N) is 2. The lowest BCUT2D eigenvalue weighted by Crippen LogP contribution is -2.56. The second kappa shape index (κ2) is 15.0. The van der Waals surface area contributed by atoms with Crippen molar-refractivity contribution in [2.75, 3.05) is 10.8 Å². The number of anilines is 1. The number of carbonyl (C=O) groups excluding carboxylic acids is 2. The number of alkyl halides is 3. The maximum atomic E-state index is 14.6. The molecular formula is C37H39ClF3N3O4S. The van der Waals surface area contributed by atoms with E-state index in [4.69, 9.17) is 11.6 Å². The summed E-state index contributed by atoms with van der Waals surface area (Å²) in [6.07, 6.45) is -4.82. The van der Waals surface area contributed by atoms with Crippen LogP contribution in [0.1, 0.15) is 48.6 Å². The lowest BCUT2D eigenvalue weighted by atomic mass is 10.0. The number of sulfonamides is 1. The van der Waals surface area contributed by atoms with Gasteiger partial charge in [0.2, 0.25) is 11.8 Å². The van der Waals surface area contributed by atoms with Crippen molar-refractivity contribution in [1.29, 1.82) is 0 Å². The molecule has 1 unspecified atom stereocenters. The number of nitrogens with one attached hydrogen (secondary N) is 1. The predicted octanol–water partition coefficient (Wildman–Crippen LogP) is 7.73. The highest BCUT2D eigenvalue weighted by molar-refractivity contribution is 7.92. The molecule has 49 heavy (non-hydrogen) atoms. The lowest BCUT2D eigenvalue weighted by molar-refractivity contribution is -0.140. The fourth-order valence-corrected chi connectivity index (χ4v) is 6.78. The van der Waals surface area contributed by atoms with Crippen LogP contribution >= 0.6 is 11.6 Å². The maximum absolute atomic E-state index is 14.6. The molecule has 0 saturated carbocycles. The van der Waals surface area contributed by atoms with Crippen molar-refractivity contribution >= 4 is 39.1 Å². The van der Waals surface area contributed by atoms with Crippen LogP contribution in [0.2, 0.25) is 5.02 Å². The molecule has 4 aromatic rings. The highest BCUT2D eigenvalue weighted by Gasteiger charge is 2.38. The average Bonchev–Trinajstić information content (AvgIpc) is 3.02. The first-order valence-corrected chi connectivity index (χ1v) is 17.3. The lowest BCUT2D eigenvalue weighted by Gasteiger charge is -2.35. The highest BCUT2D eigenvalue weighted by atomic mass is 35.5. The molecule has 0 aliphatic carbocycles. The van der Waals surface area contributed by atoms with Crippen molar-refractivity contribution in [3.05, 3.63) is 130 Å². The topological polar surface area (TPSA) is 86.8 Å². The van der Waals surface area contributed by atoms with E-state index in [1.807, 2.05) is 37.3 Å². The minimum atomic E-state index is -4.90. The van der Waals surface area contributed by atoms with E-state index in [-0.39, 0.29) is 17.9 Å². The van der Waals surface area contributed by atoms with E-state index < -0.39 is 62.4 Å². The van der Waals surface area contributed by atoms with Crippen LogP contribution in [0.3, 0.4) is 0 Å². The van der Waals surface area contributed by atoms with Crippen molar-refractivity contribution in [2.24, 2.45) is 0 Å². The normalized spacial score (nSPS) is 12.7. The Bertz CT molecular complexity index is 1880. The monoisotopic (exact) mass is 713 g/mol. The molecule has 4 rings (SSSR count). The van der Waals surface area contributed by atoms with Crippen LogP contribution in [0.25, 0.3) is 0 Å². The molecule has 0 aliphatic rings. The van der Waals surface area contributed by atoms with Gasteiger partial charge in [0, 0.05) is 18.5 Å². The maximum Gasteiger partial charge on any atom is 0.417 e. The summed E-state index contributed by atoms with van der Waals surface area (Å²) in [6.45, 7) is 8.06. The quantitative estimate of drug-likeness (QED) is 0.173.